The van der Waals surface area contributed by atoms with Crippen molar-refractivity contribution in [1.29, 1.82) is 0 Å². The van der Waals surface area contributed by atoms with E-state index >= 15 is 0 Å². The van der Waals surface area contributed by atoms with E-state index in [1.807, 2.05) is 0 Å². The van der Waals surface area contributed by atoms with Gasteiger partial charge in [-0.05, 0) is 38.5 Å². The van der Waals surface area contributed by atoms with Crippen molar-refractivity contribution in [2.24, 2.45) is 0 Å². The molecule has 12 heavy (non-hydrogen) atoms. The van der Waals surface area contributed by atoms with E-state index in [0.717, 1.165) is 6.42 Å². The minimum absolute atomic E-state index is 1.16. The van der Waals surface area contributed by atoms with Crippen LogP contribution in [0, 0.1) is 6.42 Å². The molecule has 1 aliphatic rings. The first kappa shape index (κ1) is 9.31. The third kappa shape index (κ3) is 4.95. The number of rotatable bonds is 0. The van der Waals surface area contributed by atoms with Crippen molar-refractivity contribution in [1.82, 2.24) is 0 Å². The maximum atomic E-state index is 2.26. The molecule has 0 amide bonds. The van der Waals surface area contributed by atoms with Crippen molar-refractivity contribution in [3.05, 3.63) is 42.9 Å². The summed E-state index contributed by atoms with van der Waals surface area (Å²) in [4.78, 5) is 0. The maximum absolute atomic E-state index is 2.26. The van der Waals surface area contributed by atoms with Crippen LogP contribution in [0.5, 0.6) is 0 Å². The van der Waals surface area contributed by atoms with Crippen LogP contribution in [0.1, 0.15) is 32.1 Å². The largest absolute Gasteiger partial charge is 0.0879 e. The maximum Gasteiger partial charge on any atom is -0.0170 e. The molecule has 0 saturated carbocycles. The molecule has 0 atom stereocenters. The Balaban J connectivity index is 2.31. The second-order valence-electron chi connectivity index (χ2n) is 3.03. The first-order valence-corrected chi connectivity index (χ1v) is 4.80. The van der Waals surface area contributed by atoms with Crippen molar-refractivity contribution < 1.29 is 0 Å². The highest BCUT2D eigenvalue weighted by atomic mass is 13.9. The highest BCUT2D eigenvalue weighted by Gasteiger charge is 1.84. The molecule has 1 radical (unpaired) electrons. The van der Waals surface area contributed by atoms with Gasteiger partial charge in [-0.1, -0.05) is 36.5 Å². The van der Waals surface area contributed by atoms with E-state index in [-0.39, 0.29) is 0 Å². The summed E-state index contributed by atoms with van der Waals surface area (Å²) in [5.41, 5.74) is 0. The predicted octanol–water partition coefficient (Wildman–Crippen LogP) is 3.82. The van der Waals surface area contributed by atoms with Crippen molar-refractivity contribution in [3.8, 4) is 0 Å². The number of hydrogen-bond acceptors (Lipinski definition) is 0. The Morgan fingerprint density at radius 3 is 2.08 bits per heavy atom. The lowest BCUT2D eigenvalue weighted by atomic mass is 10.1. The van der Waals surface area contributed by atoms with Crippen LogP contribution < -0.4 is 0 Å². The molecule has 0 heterocycles. The van der Waals surface area contributed by atoms with E-state index in [9.17, 15) is 0 Å². The molecule has 0 aromatic rings. The fourth-order valence-electron chi connectivity index (χ4n) is 1.18. The Bertz CT molecular complexity index is 172. The van der Waals surface area contributed by atoms with E-state index in [1.165, 1.54) is 25.7 Å². The summed E-state index contributed by atoms with van der Waals surface area (Å²) < 4.78 is 0. The molecular weight excluding hydrogens is 144 g/mol. The van der Waals surface area contributed by atoms with Crippen LogP contribution in [0.4, 0.5) is 0 Å². The van der Waals surface area contributed by atoms with E-state index < -0.39 is 0 Å². The molecule has 0 heteroatoms. The van der Waals surface area contributed by atoms with Gasteiger partial charge in [-0.15, -0.1) is 0 Å². The zero-order valence-electron chi connectivity index (χ0n) is 7.58. The smallest absolute Gasteiger partial charge is 0.0170 e. The van der Waals surface area contributed by atoms with Crippen LogP contribution in [0.2, 0.25) is 0 Å². The molecule has 0 N–H and O–H groups in total. The lowest BCUT2D eigenvalue weighted by Gasteiger charge is -1.93. The Morgan fingerprint density at radius 1 is 0.583 bits per heavy atom. The molecule has 1 aliphatic carbocycles. The summed E-state index contributed by atoms with van der Waals surface area (Å²) in [5.74, 6) is 0. The Kier molecular flexibility index (Phi) is 5.35. The topological polar surface area (TPSA) is 0 Å². The lowest BCUT2D eigenvalue weighted by molar-refractivity contribution is 0.841. The zero-order chi connectivity index (χ0) is 8.49. The first-order valence-electron chi connectivity index (χ1n) is 4.80. The molecule has 1 rings (SSSR count). The van der Waals surface area contributed by atoms with Gasteiger partial charge >= 0.3 is 0 Å². The zero-order valence-corrected chi connectivity index (χ0v) is 7.58. The average Bonchev–Trinajstić information content (AvgIpc) is 2.05. The fourth-order valence-corrected chi connectivity index (χ4v) is 1.18. The normalized spacial score (nSPS) is 28.0. The third-order valence-corrected chi connectivity index (χ3v) is 1.90. The van der Waals surface area contributed by atoms with Gasteiger partial charge in [-0.25, -0.2) is 0 Å². The van der Waals surface area contributed by atoms with Gasteiger partial charge in [0.25, 0.3) is 0 Å². The minimum Gasteiger partial charge on any atom is -0.0879 e. The van der Waals surface area contributed by atoms with Gasteiger partial charge in [-0.3, -0.25) is 0 Å². The molecule has 0 aromatic carbocycles. The van der Waals surface area contributed by atoms with Gasteiger partial charge in [0.2, 0.25) is 0 Å². The molecule has 0 bridgehead atoms. The SMILES string of the molecule is [CH]1/C=C\CC/C=C\C=C\CCC1. The molecule has 65 valence electrons. The summed E-state index contributed by atoms with van der Waals surface area (Å²) in [6.07, 6.45) is 21.5. The lowest BCUT2D eigenvalue weighted by Crippen LogP contribution is -1.74. The third-order valence-electron chi connectivity index (χ3n) is 1.90. The van der Waals surface area contributed by atoms with Crippen LogP contribution in [-0.4, -0.2) is 0 Å². The Hall–Kier alpha value is -0.780. The Labute approximate surface area is 75.7 Å². The summed E-state index contributed by atoms with van der Waals surface area (Å²) in [5, 5.41) is 0. The van der Waals surface area contributed by atoms with E-state index in [0.29, 0.717) is 0 Å². The summed E-state index contributed by atoms with van der Waals surface area (Å²) >= 11 is 0. The molecule has 0 unspecified atom stereocenters. The number of allylic oxidation sites excluding steroid dienone is 6. The highest BCUT2D eigenvalue weighted by Crippen LogP contribution is 2.03. The van der Waals surface area contributed by atoms with Gasteiger partial charge in [0.05, 0.1) is 0 Å². The van der Waals surface area contributed by atoms with Crippen LogP contribution in [0.3, 0.4) is 0 Å². The molecule has 0 nitrogen and oxygen atoms in total. The van der Waals surface area contributed by atoms with Crippen molar-refractivity contribution >= 4 is 0 Å². The van der Waals surface area contributed by atoms with Crippen LogP contribution >= 0.6 is 0 Å². The van der Waals surface area contributed by atoms with E-state index in [1.54, 1.807) is 0 Å². The monoisotopic (exact) mass is 161 g/mol. The molecule has 0 spiro atoms. The average molecular weight is 161 g/mol. The van der Waals surface area contributed by atoms with Crippen molar-refractivity contribution in [2.45, 2.75) is 32.1 Å². The van der Waals surface area contributed by atoms with Crippen molar-refractivity contribution in [3.63, 3.8) is 0 Å². The second kappa shape index (κ2) is 6.90. The molecule has 0 aliphatic heterocycles. The van der Waals surface area contributed by atoms with Crippen molar-refractivity contribution in [2.75, 3.05) is 0 Å². The summed E-state index contributed by atoms with van der Waals surface area (Å²) in [7, 11) is 0. The fraction of sp³-hybridized carbons (Fsp3) is 0.417. The predicted molar refractivity (Wildman–Crippen MR) is 54.8 cm³/mol. The van der Waals surface area contributed by atoms with Gasteiger partial charge < -0.3 is 0 Å². The van der Waals surface area contributed by atoms with Gasteiger partial charge in [0, 0.05) is 0 Å². The number of hydrogen-bond donors (Lipinski definition) is 0. The van der Waals surface area contributed by atoms with Crippen LogP contribution in [-0.2, 0) is 0 Å². The summed E-state index contributed by atoms with van der Waals surface area (Å²) in [6, 6.07) is 0. The van der Waals surface area contributed by atoms with Gasteiger partial charge in [-0.2, -0.15) is 0 Å². The molecule has 0 fully saturated rings. The quantitative estimate of drug-likeness (QED) is 0.506. The molecule has 0 aromatic heterocycles. The van der Waals surface area contributed by atoms with Crippen LogP contribution in [0.25, 0.3) is 0 Å². The highest BCUT2D eigenvalue weighted by molar-refractivity contribution is 5.04. The van der Waals surface area contributed by atoms with Gasteiger partial charge in [0.1, 0.15) is 0 Å². The van der Waals surface area contributed by atoms with Gasteiger partial charge in [0.15, 0.2) is 0 Å². The second-order valence-corrected chi connectivity index (χ2v) is 3.03. The summed E-state index contributed by atoms with van der Waals surface area (Å²) in [6.45, 7) is 0. The Morgan fingerprint density at radius 2 is 1.25 bits per heavy atom. The minimum atomic E-state index is 1.16. The van der Waals surface area contributed by atoms with Crippen LogP contribution in [0.15, 0.2) is 36.5 Å². The standard InChI is InChI=1S/C12H17/c1-2-4-6-8-10-12-11-9-7-5-3-1/h1-4,9,11-12H,5-8,10H2/b3-1-,4-2+,11-9-. The van der Waals surface area contributed by atoms with E-state index in [2.05, 4.69) is 42.9 Å². The molecule has 0 saturated heterocycles. The molecular formula is C12H17. The first-order chi connectivity index (χ1) is 6.00. The van der Waals surface area contributed by atoms with E-state index in [4.69, 9.17) is 0 Å².